The highest BCUT2D eigenvalue weighted by molar-refractivity contribution is 5.90. The molecule has 0 saturated heterocycles. The summed E-state index contributed by atoms with van der Waals surface area (Å²) in [5.74, 6) is 2.74. The summed E-state index contributed by atoms with van der Waals surface area (Å²) in [6.45, 7) is 7.81. The molecule has 0 radical (unpaired) electrons. The van der Waals surface area contributed by atoms with Crippen molar-refractivity contribution in [1.29, 1.82) is 0 Å². The lowest BCUT2D eigenvalue weighted by Gasteiger charge is -2.63. The fourth-order valence-electron chi connectivity index (χ4n) is 7.14. The molecule has 3 aliphatic rings. The lowest BCUT2D eigenvalue weighted by Crippen LogP contribution is -2.56. The number of hydrogen-bond donors (Lipinski definition) is 1. The molecule has 38 heavy (non-hydrogen) atoms. The van der Waals surface area contributed by atoms with E-state index in [4.69, 9.17) is 4.74 Å². The Balaban J connectivity index is 1.22. The quantitative estimate of drug-likeness (QED) is 0.325. The summed E-state index contributed by atoms with van der Waals surface area (Å²) in [7, 11) is 1.38. The van der Waals surface area contributed by atoms with Crippen LogP contribution in [0.4, 0.5) is 0 Å². The molecule has 5 atom stereocenters. The second-order valence-electron chi connectivity index (χ2n) is 11.9. The SMILES string of the molecule is COC(=O)c1ccc(-c2ccc(CNC(=O)CC(c3ccccc3)[C@H]3C[C@@H]4C[C@@H]([C@H]3C)C4(C)C)cc2)cc1. The number of amides is 1. The van der Waals surface area contributed by atoms with Gasteiger partial charge in [-0.3, -0.25) is 4.79 Å². The first-order chi connectivity index (χ1) is 18.3. The molecule has 0 spiro atoms. The van der Waals surface area contributed by atoms with E-state index in [1.165, 1.54) is 25.5 Å². The Hall–Kier alpha value is -3.40. The molecule has 4 heteroatoms. The second-order valence-corrected chi connectivity index (χ2v) is 11.9. The minimum absolute atomic E-state index is 0.118. The Bertz CT molecular complexity index is 1260. The molecule has 6 rings (SSSR count). The van der Waals surface area contributed by atoms with Gasteiger partial charge in [0.15, 0.2) is 0 Å². The molecule has 0 aromatic heterocycles. The third-order valence-electron chi connectivity index (χ3n) is 9.65. The van der Waals surface area contributed by atoms with Crippen molar-refractivity contribution in [3.05, 3.63) is 95.6 Å². The van der Waals surface area contributed by atoms with Crippen molar-refractivity contribution in [3.8, 4) is 11.1 Å². The van der Waals surface area contributed by atoms with Crippen molar-refractivity contribution in [2.24, 2.45) is 29.1 Å². The zero-order chi connectivity index (χ0) is 26.9. The molecular weight excluding hydrogens is 470 g/mol. The number of fused-ring (bicyclic) bond motifs is 2. The third kappa shape index (κ3) is 5.14. The fourth-order valence-corrected chi connectivity index (χ4v) is 7.14. The molecule has 1 unspecified atom stereocenters. The van der Waals surface area contributed by atoms with Crippen LogP contribution in [0.3, 0.4) is 0 Å². The van der Waals surface area contributed by atoms with E-state index in [1.807, 2.05) is 12.1 Å². The van der Waals surface area contributed by atoms with E-state index in [0.717, 1.165) is 28.5 Å². The van der Waals surface area contributed by atoms with Gasteiger partial charge in [-0.15, -0.1) is 0 Å². The molecule has 0 aliphatic heterocycles. The van der Waals surface area contributed by atoms with Crippen LogP contribution in [0.15, 0.2) is 78.9 Å². The van der Waals surface area contributed by atoms with E-state index in [2.05, 4.69) is 80.7 Å². The Morgan fingerprint density at radius 2 is 1.55 bits per heavy atom. The van der Waals surface area contributed by atoms with E-state index < -0.39 is 0 Å². The molecule has 3 aliphatic carbocycles. The Morgan fingerprint density at radius 3 is 2.13 bits per heavy atom. The number of ether oxygens (including phenoxy) is 1. The molecule has 0 heterocycles. The van der Waals surface area contributed by atoms with Gasteiger partial charge in [0.05, 0.1) is 12.7 Å². The normalized spacial score (nSPS) is 24.1. The van der Waals surface area contributed by atoms with Gasteiger partial charge < -0.3 is 10.1 Å². The Labute approximate surface area is 226 Å². The van der Waals surface area contributed by atoms with Crippen molar-refractivity contribution in [1.82, 2.24) is 5.32 Å². The molecule has 3 saturated carbocycles. The lowest BCUT2D eigenvalue weighted by molar-refractivity contribution is -0.138. The number of esters is 1. The van der Waals surface area contributed by atoms with Crippen LogP contribution in [0.5, 0.6) is 0 Å². The highest BCUT2D eigenvalue weighted by Crippen LogP contribution is 2.65. The van der Waals surface area contributed by atoms with Gasteiger partial charge in [-0.05, 0) is 82.2 Å². The fraction of sp³-hybridized carbons (Fsp3) is 0.412. The van der Waals surface area contributed by atoms with E-state index in [1.54, 1.807) is 12.1 Å². The highest BCUT2D eigenvalue weighted by Gasteiger charge is 2.57. The first-order valence-electron chi connectivity index (χ1n) is 13.9. The summed E-state index contributed by atoms with van der Waals surface area (Å²) >= 11 is 0. The maximum atomic E-state index is 13.2. The highest BCUT2D eigenvalue weighted by atomic mass is 16.5. The molecule has 3 aromatic carbocycles. The van der Waals surface area contributed by atoms with Gasteiger partial charge >= 0.3 is 5.97 Å². The van der Waals surface area contributed by atoms with Gasteiger partial charge in [-0.1, -0.05) is 87.5 Å². The molecule has 2 bridgehead atoms. The summed E-state index contributed by atoms with van der Waals surface area (Å²) in [6.07, 6.45) is 3.10. The van der Waals surface area contributed by atoms with Crippen molar-refractivity contribution >= 4 is 11.9 Å². The predicted molar refractivity (Wildman–Crippen MR) is 152 cm³/mol. The van der Waals surface area contributed by atoms with Gasteiger partial charge in [0.25, 0.3) is 0 Å². The average Bonchev–Trinajstić information content (AvgIpc) is 2.95. The number of benzene rings is 3. The zero-order valence-electron chi connectivity index (χ0n) is 22.9. The summed E-state index contributed by atoms with van der Waals surface area (Å²) in [5.41, 5.74) is 5.43. The average molecular weight is 510 g/mol. The van der Waals surface area contributed by atoms with Gasteiger partial charge in [0, 0.05) is 13.0 Å². The smallest absolute Gasteiger partial charge is 0.337 e. The first kappa shape index (κ1) is 26.2. The Kier molecular flexibility index (Phi) is 7.43. The minimum Gasteiger partial charge on any atom is -0.465 e. The topological polar surface area (TPSA) is 55.4 Å². The molecule has 3 fully saturated rings. The molecule has 198 valence electrons. The van der Waals surface area contributed by atoms with Crippen molar-refractivity contribution in [2.45, 2.75) is 52.5 Å². The molecule has 1 amide bonds. The summed E-state index contributed by atoms with van der Waals surface area (Å²) in [4.78, 5) is 24.9. The van der Waals surface area contributed by atoms with Gasteiger partial charge in [-0.2, -0.15) is 0 Å². The van der Waals surface area contributed by atoms with Gasteiger partial charge in [0.2, 0.25) is 5.91 Å². The monoisotopic (exact) mass is 509 g/mol. The number of nitrogens with one attached hydrogen (secondary N) is 1. The zero-order valence-corrected chi connectivity index (χ0v) is 22.9. The van der Waals surface area contributed by atoms with Crippen LogP contribution in [0, 0.1) is 29.1 Å². The largest absolute Gasteiger partial charge is 0.465 e. The maximum Gasteiger partial charge on any atom is 0.337 e. The standard InChI is InChI=1S/C34H39NO3/c1-22-29(18-28-19-31(22)34(28,2)3)30(26-8-6-5-7-9-26)20-32(36)35-21-23-10-12-24(13-11-23)25-14-16-27(17-15-25)33(37)38-4/h5-17,22,28-31H,18-21H2,1-4H3,(H,35,36)/t22-,28+,29-,30?,31-/m0/s1. The van der Waals surface area contributed by atoms with Crippen LogP contribution in [0.1, 0.15) is 67.4 Å². The van der Waals surface area contributed by atoms with Crippen molar-refractivity contribution in [2.75, 3.05) is 7.11 Å². The van der Waals surface area contributed by atoms with Crippen molar-refractivity contribution in [3.63, 3.8) is 0 Å². The third-order valence-corrected chi connectivity index (χ3v) is 9.65. The maximum absolute atomic E-state index is 13.2. The lowest BCUT2D eigenvalue weighted by atomic mass is 9.42. The number of carbonyl (C=O) groups is 2. The first-order valence-corrected chi connectivity index (χ1v) is 13.9. The van der Waals surface area contributed by atoms with Crippen LogP contribution in [-0.2, 0) is 16.1 Å². The van der Waals surface area contributed by atoms with Crippen molar-refractivity contribution < 1.29 is 14.3 Å². The summed E-state index contributed by atoms with van der Waals surface area (Å²) in [5, 5.41) is 3.19. The summed E-state index contributed by atoms with van der Waals surface area (Å²) < 4.78 is 4.77. The van der Waals surface area contributed by atoms with Crippen LogP contribution < -0.4 is 5.32 Å². The second kappa shape index (κ2) is 10.8. The van der Waals surface area contributed by atoms with E-state index in [9.17, 15) is 9.59 Å². The summed E-state index contributed by atoms with van der Waals surface area (Å²) in [6, 6.07) is 26.3. The van der Waals surface area contributed by atoms with E-state index in [-0.39, 0.29) is 17.8 Å². The molecular formula is C34H39NO3. The van der Waals surface area contributed by atoms with Crippen LogP contribution in [0.2, 0.25) is 0 Å². The number of methoxy groups -OCH3 is 1. The Morgan fingerprint density at radius 1 is 0.921 bits per heavy atom. The molecule has 3 aromatic rings. The van der Waals surface area contributed by atoms with Crippen LogP contribution in [-0.4, -0.2) is 19.0 Å². The van der Waals surface area contributed by atoms with Gasteiger partial charge in [-0.25, -0.2) is 4.79 Å². The van der Waals surface area contributed by atoms with E-state index in [0.29, 0.717) is 35.8 Å². The van der Waals surface area contributed by atoms with Gasteiger partial charge in [0.1, 0.15) is 0 Å². The van der Waals surface area contributed by atoms with Crippen LogP contribution >= 0.6 is 0 Å². The molecule has 1 N–H and O–H groups in total. The predicted octanol–water partition coefficient (Wildman–Crippen LogP) is 7.25. The van der Waals surface area contributed by atoms with E-state index >= 15 is 0 Å². The number of rotatable bonds is 8. The number of hydrogen-bond acceptors (Lipinski definition) is 3. The minimum atomic E-state index is -0.337. The number of carbonyl (C=O) groups excluding carboxylic acids is 2. The van der Waals surface area contributed by atoms with Crippen LogP contribution in [0.25, 0.3) is 11.1 Å². The molecule has 4 nitrogen and oxygen atoms in total.